The highest BCUT2D eigenvalue weighted by atomic mass is 14.4. The van der Waals surface area contributed by atoms with E-state index < -0.39 is 0 Å². The highest BCUT2D eigenvalue weighted by Crippen LogP contribution is 2.47. The third-order valence-corrected chi connectivity index (χ3v) is 4.72. The van der Waals surface area contributed by atoms with Crippen molar-refractivity contribution in [3.05, 3.63) is 94.7 Å². The standard InChI is InChI=1S/C21H20/c1-4-10-16-11-5-2-9-15-20-18-13-7-3-6-12-17(18)19(14-8-1)21(16)20/h1-2,4-8,10,12-14,20H,3,9,11,15H2. The second kappa shape index (κ2) is 5.37. The second-order valence-electron chi connectivity index (χ2n) is 5.98. The zero-order valence-corrected chi connectivity index (χ0v) is 12.3. The van der Waals surface area contributed by atoms with Gasteiger partial charge in [0.05, 0.1) is 0 Å². The SMILES string of the molecule is C1=CC=C2CC=CCCC3C4=C(C=CCC=C4)C(=C23)C=C1. The van der Waals surface area contributed by atoms with Gasteiger partial charge in [-0.15, -0.1) is 0 Å². The summed E-state index contributed by atoms with van der Waals surface area (Å²) in [6.45, 7) is 0. The summed E-state index contributed by atoms with van der Waals surface area (Å²) in [5.74, 6) is 0.571. The molecule has 4 rings (SSSR count). The zero-order chi connectivity index (χ0) is 14.1. The lowest BCUT2D eigenvalue weighted by Crippen LogP contribution is -2.08. The molecule has 0 bridgehead atoms. The minimum absolute atomic E-state index is 0.571. The van der Waals surface area contributed by atoms with Crippen LogP contribution in [0.15, 0.2) is 94.7 Å². The third kappa shape index (κ3) is 2.15. The van der Waals surface area contributed by atoms with E-state index in [9.17, 15) is 0 Å². The van der Waals surface area contributed by atoms with Crippen LogP contribution in [-0.4, -0.2) is 0 Å². The second-order valence-corrected chi connectivity index (χ2v) is 5.98. The van der Waals surface area contributed by atoms with Crippen molar-refractivity contribution < 1.29 is 0 Å². The van der Waals surface area contributed by atoms with Gasteiger partial charge in [0.15, 0.2) is 0 Å². The summed E-state index contributed by atoms with van der Waals surface area (Å²) in [5, 5.41) is 0. The van der Waals surface area contributed by atoms with Crippen molar-refractivity contribution in [3.63, 3.8) is 0 Å². The van der Waals surface area contributed by atoms with Gasteiger partial charge in [-0.2, -0.15) is 0 Å². The first-order chi connectivity index (χ1) is 10.4. The lowest BCUT2D eigenvalue weighted by atomic mass is 9.82. The lowest BCUT2D eigenvalue weighted by Gasteiger charge is -2.22. The van der Waals surface area contributed by atoms with Gasteiger partial charge in [0.1, 0.15) is 0 Å². The first-order valence-electron chi connectivity index (χ1n) is 7.96. The molecule has 0 N–H and O–H groups in total. The van der Waals surface area contributed by atoms with E-state index in [1.165, 1.54) is 35.1 Å². The summed E-state index contributed by atoms with van der Waals surface area (Å²) >= 11 is 0. The summed E-state index contributed by atoms with van der Waals surface area (Å²) in [6, 6.07) is 0. The maximum Gasteiger partial charge on any atom is 0.0107 e. The molecule has 0 heteroatoms. The molecule has 21 heavy (non-hydrogen) atoms. The zero-order valence-electron chi connectivity index (χ0n) is 12.3. The van der Waals surface area contributed by atoms with Crippen LogP contribution in [0, 0.1) is 5.92 Å². The molecular formula is C21H20. The summed E-state index contributed by atoms with van der Waals surface area (Å²) in [5.41, 5.74) is 7.48. The topological polar surface area (TPSA) is 0 Å². The number of fused-ring (bicyclic) bond motifs is 2. The van der Waals surface area contributed by atoms with Gasteiger partial charge in [0.2, 0.25) is 0 Å². The summed E-state index contributed by atoms with van der Waals surface area (Å²) in [4.78, 5) is 0. The molecule has 0 spiro atoms. The molecular weight excluding hydrogens is 252 g/mol. The number of rotatable bonds is 0. The predicted molar refractivity (Wildman–Crippen MR) is 89.8 cm³/mol. The minimum atomic E-state index is 0.571. The molecule has 0 saturated carbocycles. The van der Waals surface area contributed by atoms with Crippen molar-refractivity contribution in [2.75, 3.05) is 0 Å². The van der Waals surface area contributed by atoms with Crippen molar-refractivity contribution in [1.82, 2.24) is 0 Å². The van der Waals surface area contributed by atoms with E-state index in [4.69, 9.17) is 0 Å². The number of hydrogen-bond acceptors (Lipinski definition) is 0. The normalized spacial score (nSPS) is 26.7. The van der Waals surface area contributed by atoms with E-state index in [0.717, 1.165) is 12.8 Å². The Morgan fingerprint density at radius 2 is 1.76 bits per heavy atom. The number of hydrogen-bond donors (Lipinski definition) is 0. The largest absolute Gasteiger partial charge is 0.0882 e. The molecule has 0 aromatic rings. The van der Waals surface area contributed by atoms with Crippen molar-refractivity contribution >= 4 is 0 Å². The first kappa shape index (κ1) is 12.6. The van der Waals surface area contributed by atoms with E-state index in [1.54, 1.807) is 5.57 Å². The molecule has 4 aliphatic rings. The fourth-order valence-corrected chi connectivity index (χ4v) is 3.81. The van der Waals surface area contributed by atoms with Crippen molar-refractivity contribution in [3.8, 4) is 0 Å². The lowest BCUT2D eigenvalue weighted by molar-refractivity contribution is 0.664. The molecule has 0 aromatic heterocycles. The molecule has 0 amide bonds. The maximum absolute atomic E-state index is 2.37. The van der Waals surface area contributed by atoms with Crippen molar-refractivity contribution in [2.45, 2.75) is 25.7 Å². The molecule has 4 aliphatic carbocycles. The summed E-state index contributed by atoms with van der Waals surface area (Å²) in [7, 11) is 0. The van der Waals surface area contributed by atoms with Crippen LogP contribution in [0.5, 0.6) is 0 Å². The van der Waals surface area contributed by atoms with Gasteiger partial charge < -0.3 is 0 Å². The molecule has 0 saturated heterocycles. The van der Waals surface area contributed by atoms with Crippen LogP contribution < -0.4 is 0 Å². The van der Waals surface area contributed by atoms with Crippen LogP contribution in [0.2, 0.25) is 0 Å². The Kier molecular flexibility index (Phi) is 3.23. The van der Waals surface area contributed by atoms with Gasteiger partial charge in [-0.05, 0) is 53.5 Å². The first-order valence-corrected chi connectivity index (χ1v) is 7.96. The van der Waals surface area contributed by atoms with Gasteiger partial charge in [0, 0.05) is 5.92 Å². The Morgan fingerprint density at radius 1 is 0.810 bits per heavy atom. The van der Waals surface area contributed by atoms with Crippen LogP contribution in [0.3, 0.4) is 0 Å². The van der Waals surface area contributed by atoms with E-state index in [1.807, 2.05) is 0 Å². The fourth-order valence-electron chi connectivity index (χ4n) is 3.81. The van der Waals surface area contributed by atoms with Gasteiger partial charge in [-0.1, -0.05) is 66.8 Å². The molecule has 0 nitrogen and oxygen atoms in total. The molecule has 0 aliphatic heterocycles. The quantitative estimate of drug-likeness (QED) is 0.509. The molecule has 0 heterocycles. The van der Waals surface area contributed by atoms with Crippen molar-refractivity contribution in [2.24, 2.45) is 5.92 Å². The highest BCUT2D eigenvalue weighted by Gasteiger charge is 2.32. The fraction of sp³-hybridized carbons (Fsp3) is 0.238. The van der Waals surface area contributed by atoms with E-state index in [-0.39, 0.29) is 0 Å². The van der Waals surface area contributed by atoms with Crippen LogP contribution in [0.25, 0.3) is 0 Å². The van der Waals surface area contributed by atoms with Gasteiger partial charge in [-0.25, -0.2) is 0 Å². The molecule has 1 atom stereocenters. The van der Waals surface area contributed by atoms with Gasteiger partial charge in [0.25, 0.3) is 0 Å². The Balaban J connectivity index is 1.94. The number of allylic oxidation sites excluding steroid dienone is 16. The smallest absolute Gasteiger partial charge is 0.0107 e. The van der Waals surface area contributed by atoms with E-state index >= 15 is 0 Å². The average molecular weight is 272 g/mol. The van der Waals surface area contributed by atoms with Gasteiger partial charge >= 0.3 is 0 Å². The molecule has 0 fully saturated rings. The van der Waals surface area contributed by atoms with Gasteiger partial charge in [-0.3, -0.25) is 0 Å². The Bertz CT molecular complexity index is 696. The van der Waals surface area contributed by atoms with Crippen molar-refractivity contribution in [1.29, 1.82) is 0 Å². The van der Waals surface area contributed by atoms with Crippen LogP contribution >= 0.6 is 0 Å². The summed E-state index contributed by atoms with van der Waals surface area (Å²) < 4.78 is 0. The Hall–Kier alpha value is -2.08. The van der Waals surface area contributed by atoms with E-state index in [0.29, 0.717) is 5.92 Å². The Morgan fingerprint density at radius 3 is 2.76 bits per heavy atom. The van der Waals surface area contributed by atoms with Crippen LogP contribution in [0.1, 0.15) is 25.7 Å². The molecule has 1 unspecified atom stereocenters. The third-order valence-electron chi connectivity index (χ3n) is 4.72. The van der Waals surface area contributed by atoms with E-state index in [2.05, 4.69) is 66.8 Å². The average Bonchev–Trinajstić information content (AvgIpc) is 2.63. The molecule has 104 valence electrons. The molecule has 0 aromatic carbocycles. The minimum Gasteiger partial charge on any atom is -0.0882 e. The predicted octanol–water partition coefficient (Wildman–Crippen LogP) is 5.52. The Labute approximate surface area is 126 Å². The molecule has 0 radical (unpaired) electrons. The monoisotopic (exact) mass is 272 g/mol. The highest BCUT2D eigenvalue weighted by molar-refractivity contribution is 5.68. The maximum atomic E-state index is 2.37. The summed E-state index contributed by atoms with van der Waals surface area (Å²) in [6.07, 6.45) is 29.6. The van der Waals surface area contributed by atoms with Crippen LogP contribution in [-0.2, 0) is 0 Å². The van der Waals surface area contributed by atoms with Crippen LogP contribution in [0.4, 0.5) is 0 Å².